The number of benzene rings is 2. The zero-order valence-corrected chi connectivity index (χ0v) is 15.3. The summed E-state index contributed by atoms with van der Waals surface area (Å²) in [6.07, 6.45) is 0. The molecule has 8 nitrogen and oxygen atoms in total. The van der Waals surface area contributed by atoms with Gasteiger partial charge in [-0.25, -0.2) is 0 Å². The predicted octanol–water partition coefficient (Wildman–Crippen LogP) is 4.13. The number of hydrogen-bond acceptors (Lipinski definition) is 8. The van der Waals surface area contributed by atoms with Crippen LogP contribution in [0.4, 0.5) is 5.69 Å². The Morgan fingerprint density at radius 3 is 2.85 bits per heavy atom. The molecule has 2 aromatic carbocycles. The van der Waals surface area contributed by atoms with E-state index in [1.54, 1.807) is 42.5 Å². The summed E-state index contributed by atoms with van der Waals surface area (Å²) in [5, 5.41) is 15.3. The smallest absolute Gasteiger partial charge is 0.316 e. The molecule has 1 aromatic heterocycles. The van der Waals surface area contributed by atoms with Crippen molar-refractivity contribution in [3.05, 3.63) is 69.6 Å². The van der Waals surface area contributed by atoms with Crippen molar-refractivity contribution in [3.63, 3.8) is 0 Å². The topological polar surface area (TPSA) is 108 Å². The number of esters is 1. The summed E-state index contributed by atoms with van der Waals surface area (Å²) in [7, 11) is 0. The highest BCUT2D eigenvalue weighted by molar-refractivity contribution is 8.00. The molecule has 0 saturated carbocycles. The van der Waals surface area contributed by atoms with E-state index in [4.69, 9.17) is 20.9 Å². The number of ether oxygens (including phenoxy) is 1. The highest BCUT2D eigenvalue weighted by Crippen LogP contribution is 2.28. The first kappa shape index (κ1) is 18.9. The first-order chi connectivity index (χ1) is 13.0. The zero-order valence-electron chi connectivity index (χ0n) is 13.7. The third-order valence-electron chi connectivity index (χ3n) is 3.32. The van der Waals surface area contributed by atoms with Gasteiger partial charge in [0, 0.05) is 16.7 Å². The number of carbonyl (C=O) groups is 1. The second-order valence-electron chi connectivity index (χ2n) is 5.20. The summed E-state index contributed by atoms with van der Waals surface area (Å²) in [6, 6.07) is 13.1. The molecule has 3 rings (SSSR count). The Morgan fingerprint density at radius 1 is 1.26 bits per heavy atom. The minimum atomic E-state index is -0.555. The van der Waals surface area contributed by atoms with Crippen LogP contribution in [0.1, 0.15) is 5.89 Å². The first-order valence-electron chi connectivity index (χ1n) is 7.63. The molecule has 1 heterocycles. The van der Waals surface area contributed by atoms with Crippen LogP contribution in [0.15, 0.2) is 57.9 Å². The molecule has 0 aliphatic heterocycles. The van der Waals surface area contributed by atoms with Gasteiger partial charge in [0.25, 0.3) is 11.6 Å². The van der Waals surface area contributed by atoms with E-state index in [0.717, 1.165) is 11.8 Å². The second kappa shape index (κ2) is 8.65. The van der Waals surface area contributed by atoms with Gasteiger partial charge in [0.2, 0.25) is 5.82 Å². The third kappa shape index (κ3) is 5.05. The predicted molar refractivity (Wildman–Crippen MR) is 98.4 cm³/mol. The molecule has 10 heteroatoms. The van der Waals surface area contributed by atoms with Gasteiger partial charge in [0.15, 0.2) is 6.61 Å². The molecule has 138 valence electrons. The van der Waals surface area contributed by atoms with Crippen molar-refractivity contribution in [2.24, 2.45) is 0 Å². The molecular formula is C17H12ClN3O5S. The molecular weight excluding hydrogens is 394 g/mol. The van der Waals surface area contributed by atoms with E-state index in [1.807, 2.05) is 0 Å². The number of thioether (sulfide) groups is 1. The lowest BCUT2D eigenvalue weighted by Crippen LogP contribution is -2.07. The lowest BCUT2D eigenvalue weighted by Gasteiger charge is -2.03. The number of nitrogens with zero attached hydrogens (tertiary/aromatic N) is 3. The molecule has 0 aliphatic rings. The Hall–Kier alpha value is -2.91. The van der Waals surface area contributed by atoms with E-state index in [9.17, 15) is 14.9 Å². The lowest BCUT2D eigenvalue weighted by atomic mass is 10.2. The summed E-state index contributed by atoms with van der Waals surface area (Å²) in [5.74, 6) is -0.173. The van der Waals surface area contributed by atoms with Gasteiger partial charge in [0.05, 0.1) is 15.6 Å². The van der Waals surface area contributed by atoms with Crippen LogP contribution in [0, 0.1) is 10.1 Å². The van der Waals surface area contributed by atoms with Crippen molar-refractivity contribution < 1.29 is 19.0 Å². The van der Waals surface area contributed by atoms with E-state index in [0.29, 0.717) is 21.3 Å². The standard InChI is InChI=1S/C17H12ClN3O5S/c18-12-5-3-4-11(8-12)17-19-15(26-20-17)9-25-16(22)10-27-14-7-2-1-6-13(14)21(23)24/h1-8H,9-10H2. The van der Waals surface area contributed by atoms with Crippen LogP contribution >= 0.6 is 23.4 Å². The molecule has 0 saturated heterocycles. The van der Waals surface area contributed by atoms with Crippen molar-refractivity contribution in [2.75, 3.05) is 5.75 Å². The van der Waals surface area contributed by atoms with Crippen LogP contribution in [0.3, 0.4) is 0 Å². The molecule has 3 aromatic rings. The van der Waals surface area contributed by atoms with E-state index in [1.165, 1.54) is 6.07 Å². The van der Waals surface area contributed by atoms with Gasteiger partial charge >= 0.3 is 5.97 Å². The van der Waals surface area contributed by atoms with Crippen LogP contribution in [0.25, 0.3) is 11.4 Å². The minimum absolute atomic E-state index is 0.0571. The summed E-state index contributed by atoms with van der Waals surface area (Å²) in [6.45, 7) is -0.191. The molecule has 0 amide bonds. The maximum absolute atomic E-state index is 11.9. The van der Waals surface area contributed by atoms with Crippen molar-refractivity contribution in [1.29, 1.82) is 0 Å². The average molecular weight is 406 g/mol. The molecule has 0 atom stereocenters. The van der Waals surface area contributed by atoms with Crippen LogP contribution in [0.2, 0.25) is 5.02 Å². The van der Waals surface area contributed by atoms with Crippen LogP contribution in [-0.2, 0) is 16.1 Å². The van der Waals surface area contributed by atoms with Gasteiger partial charge in [-0.05, 0) is 18.2 Å². The van der Waals surface area contributed by atoms with Gasteiger partial charge in [-0.15, -0.1) is 11.8 Å². The van der Waals surface area contributed by atoms with Gasteiger partial charge in [-0.3, -0.25) is 14.9 Å². The minimum Gasteiger partial charge on any atom is -0.455 e. The van der Waals surface area contributed by atoms with Gasteiger partial charge in [-0.2, -0.15) is 4.98 Å². The molecule has 0 N–H and O–H groups in total. The molecule has 27 heavy (non-hydrogen) atoms. The fraction of sp³-hybridized carbons (Fsp3) is 0.118. The van der Waals surface area contributed by atoms with Gasteiger partial charge in [0.1, 0.15) is 0 Å². The highest BCUT2D eigenvalue weighted by Gasteiger charge is 2.16. The fourth-order valence-corrected chi connectivity index (χ4v) is 3.12. The van der Waals surface area contributed by atoms with Gasteiger partial charge < -0.3 is 9.26 Å². The molecule has 0 aliphatic carbocycles. The largest absolute Gasteiger partial charge is 0.455 e. The zero-order chi connectivity index (χ0) is 19.2. The fourth-order valence-electron chi connectivity index (χ4n) is 2.11. The van der Waals surface area contributed by atoms with Crippen molar-refractivity contribution in [1.82, 2.24) is 10.1 Å². The molecule has 0 bridgehead atoms. The summed E-state index contributed by atoms with van der Waals surface area (Å²) < 4.78 is 10.1. The number of nitro groups is 1. The summed E-state index contributed by atoms with van der Waals surface area (Å²) >= 11 is 6.95. The Kier molecular flexibility index (Phi) is 6.05. The SMILES string of the molecule is O=C(CSc1ccccc1[N+](=O)[O-])OCc1nc(-c2cccc(Cl)c2)no1. The first-order valence-corrected chi connectivity index (χ1v) is 8.99. The maximum Gasteiger partial charge on any atom is 0.316 e. The molecule has 0 spiro atoms. The number of aromatic nitrogens is 2. The summed E-state index contributed by atoms with van der Waals surface area (Å²) in [4.78, 5) is 26.9. The third-order valence-corrected chi connectivity index (χ3v) is 4.59. The summed E-state index contributed by atoms with van der Waals surface area (Å²) in [5.41, 5.74) is 0.620. The second-order valence-corrected chi connectivity index (χ2v) is 6.65. The highest BCUT2D eigenvalue weighted by atomic mass is 35.5. The van der Waals surface area contributed by atoms with Crippen LogP contribution < -0.4 is 0 Å². The van der Waals surface area contributed by atoms with Crippen molar-refractivity contribution in [2.45, 2.75) is 11.5 Å². The number of para-hydroxylation sites is 1. The Labute approximate surface area is 162 Å². The Balaban J connectivity index is 1.54. The number of rotatable bonds is 7. The number of carbonyl (C=O) groups excluding carboxylic acids is 1. The quantitative estimate of drug-likeness (QED) is 0.250. The van der Waals surface area contributed by atoms with Crippen molar-refractivity contribution >= 4 is 35.0 Å². The average Bonchev–Trinajstić information content (AvgIpc) is 3.14. The normalized spacial score (nSPS) is 10.6. The number of halogens is 1. The molecule has 0 radical (unpaired) electrons. The Morgan fingerprint density at radius 2 is 2.07 bits per heavy atom. The number of hydrogen-bond donors (Lipinski definition) is 0. The van der Waals surface area contributed by atoms with Crippen molar-refractivity contribution in [3.8, 4) is 11.4 Å². The monoisotopic (exact) mass is 405 g/mol. The van der Waals surface area contributed by atoms with E-state index in [-0.39, 0.29) is 23.9 Å². The number of nitro benzene ring substituents is 1. The Bertz CT molecular complexity index is 978. The van der Waals surface area contributed by atoms with E-state index < -0.39 is 10.9 Å². The van der Waals surface area contributed by atoms with Crippen LogP contribution in [0.5, 0.6) is 0 Å². The molecule has 0 fully saturated rings. The van der Waals surface area contributed by atoms with E-state index >= 15 is 0 Å². The maximum atomic E-state index is 11.9. The van der Waals surface area contributed by atoms with Gasteiger partial charge in [-0.1, -0.05) is 41.0 Å². The lowest BCUT2D eigenvalue weighted by molar-refractivity contribution is -0.387. The van der Waals surface area contributed by atoms with Crippen LogP contribution in [-0.4, -0.2) is 26.8 Å². The van der Waals surface area contributed by atoms with E-state index in [2.05, 4.69) is 10.1 Å². The molecule has 0 unspecified atom stereocenters.